The van der Waals surface area contributed by atoms with Crippen LogP contribution in [0.25, 0.3) is 11.6 Å². The normalized spacial score (nSPS) is 10.9. The van der Waals surface area contributed by atoms with E-state index in [-0.39, 0.29) is 12.5 Å². The first-order valence-corrected chi connectivity index (χ1v) is 9.60. The first-order valence-electron chi connectivity index (χ1n) is 9.22. The summed E-state index contributed by atoms with van der Waals surface area (Å²) in [5.41, 5.74) is 1.72. The van der Waals surface area contributed by atoms with Crippen molar-refractivity contribution in [3.05, 3.63) is 70.7 Å². The van der Waals surface area contributed by atoms with Gasteiger partial charge in [0.15, 0.2) is 6.61 Å². The highest BCUT2D eigenvalue weighted by Gasteiger charge is 2.16. The number of benzene rings is 2. The predicted octanol–water partition coefficient (Wildman–Crippen LogP) is 3.07. The summed E-state index contributed by atoms with van der Waals surface area (Å²) < 4.78 is 5.15. The van der Waals surface area contributed by atoms with Crippen LogP contribution in [0.3, 0.4) is 0 Å². The first-order chi connectivity index (χ1) is 14.0. The zero-order valence-corrected chi connectivity index (χ0v) is 16.9. The number of ether oxygens (including phenoxy) is 1. The molecule has 2 aromatic rings. The van der Waals surface area contributed by atoms with Crippen LogP contribution in [0.5, 0.6) is 0 Å². The summed E-state index contributed by atoms with van der Waals surface area (Å²) in [7, 11) is 0. The quantitative estimate of drug-likeness (QED) is 0.375. The van der Waals surface area contributed by atoms with Crippen LogP contribution >= 0.6 is 11.6 Å². The van der Waals surface area contributed by atoms with Crippen LogP contribution in [0, 0.1) is 0 Å². The van der Waals surface area contributed by atoms with Gasteiger partial charge in [0.25, 0.3) is 5.91 Å². The first kappa shape index (κ1) is 22.2. The number of halogens is 1. The second-order valence-electron chi connectivity index (χ2n) is 6.18. The topological polar surface area (TPSA) is 84.5 Å². The van der Waals surface area contributed by atoms with E-state index in [0.717, 1.165) is 12.0 Å². The molecule has 0 aliphatic carbocycles. The monoisotopic (exact) mass is 414 g/mol. The second-order valence-corrected chi connectivity index (χ2v) is 6.61. The van der Waals surface area contributed by atoms with Crippen LogP contribution in [0.1, 0.15) is 24.5 Å². The van der Waals surface area contributed by atoms with Crippen molar-refractivity contribution >= 4 is 41.0 Å². The van der Waals surface area contributed by atoms with Crippen LogP contribution in [0.2, 0.25) is 5.02 Å². The Hall–Kier alpha value is -3.12. The molecule has 0 fully saturated rings. The summed E-state index contributed by atoms with van der Waals surface area (Å²) in [6.45, 7) is 1.82. The van der Waals surface area contributed by atoms with Gasteiger partial charge in [-0.05, 0) is 35.8 Å². The zero-order chi connectivity index (χ0) is 21.1. The number of rotatable bonds is 9. The summed E-state index contributed by atoms with van der Waals surface area (Å²) in [5.74, 6) is -1.50. The average Bonchev–Trinajstić information content (AvgIpc) is 2.74. The Kier molecular flexibility index (Phi) is 8.92. The molecule has 152 valence electrons. The number of carbonyl (C=O) groups is 3. The molecule has 2 aromatic carbocycles. The lowest BCUT2D eigenvalue weighted by atomic mass is 10.0. The maximum atomic E-state index is 12.6. The molecule has 6 nitrogen and oxygen atoms in total. The van der Waals surface area contributed by atoms with Crippen LogP contribution in [0.15, 0.2) is 54.6 Å². The fraction of sp³-hybridized carbons (Fsp3) is 0.227. The van der Waals surface area contributed by atoms with E-state index < -0.39 is 18.5 Å². The maximum absolute atomic E-state index is 12.6. The van der Waals surface area contributed by atoms with Crippen LogP contribution < -0.4 is 10.6 Å². The van der Waals surface area contributed by atoms with E-state index in [1.54, 1.807) is 30.3 Å². The van der Waals surface area contributed by atoms with Gasteiger partial charge in [-0.3, -0.25) is 9.59 Å². The van der Waals surface area contributed by atoms with Crippen molar-refractivity contribution in [1.82, 2.24) is 10.6 Å². The van der Waals surface area contributed by atoms with Gasteiger partial charge in [0.2, 0.25) is 5.91 Å². The molecule has 0 saturated carbocycles. The number of carbonyl (C=O) groups excluding carboxylic acids is 3. The summed E-state index contributed by atoms with van der Waals surface area (Å²) >= 11 is 5.93. The second kappa shape index (κ2) is 11.7. The minimum absolute atomic E-state index is 0.166. The molecule has 2 rings (SSSR count). The van der Waals surface area contributed by atoms with E-state index in [2.05, 4.69) is 10.6 Å². The van der Waals surface area contributed by atoms with E-state index >= 15 is 0 Å². The SMILES string of the molecule is CCCNC(=O)CNC(=O)COC(=O)/C(=C/c1ccccc1)c1ccc(Cl)cc1. The van der Waals surface area contributed by atoms with Gasteiger partial charge in [0.05, 0.1) is 12.1 Å². The molecule has 0 aliphatic rings. The predicted molar refractivity (Wildman–Crippen MR) is 113 cm³/mol. The van der Waals surface area contributed by atoms with Crippen molar-refractivity contribution in [2.45, 2.75) is 13.3 Å². The largest absolute Gasteiger partial charge is 0.452 e. The van der Waals surface area contributed by atoms with E-state index in [1.165, 1.54) is 0 Å². The third-order valence-electron chi connectivity index (χ3n) is 3.84. The maximum Gasteiger partial charge on any atom is 0.339 e. The molecule has 0 aliphatic heterocycles. The molecule has 29 heavy (non-hydrogen) atoms. The summed E-state index contributed by atoms with van der Waals surface area (Å²) in [6, 6.07) is 16.0. The van der Waals surface area contributed by atoms with Gasteiger partial charge in [0.1, 0.15) is 0 Å². The van der Waals surface area contributed by atoms with Gasteiger partial charge in [-0.25, -0.2) is 4.79 Å². The molecule has 0 atom stereocenters. The Labute approximate surface area is 174 Å². The molecule has 2 amide bonds. The lowest BCUT2D eigenvalue weighted by Gasteiger charge is -2.10. The molecule has 0 bridgehead atoms. The minimum Gasteiger partial charge on any atom is -0.452 e. The van der Waals surface area contributed by atoms with Gasteiger partial charge in [-0.2, -0.15) is 0 Å². The molecule has 0 heterocycles. The summed E-state index contributed by atoms with van der Waals surface area (Å²) in [6.07, 6.45) is 2.49. The smallest absolute Gasteiger partial charge is 0.339 e. The average molecular weight is 415 g/mol. The Morgan fingerprint density at radius 3 is 2.31 bits per heavy atom. The van der Waals surface area contributed by atoms with Gasteiger partial charge in [-0.1, -0.05) is 61.0 Å². The highest BCUT2D eigenvalue weighted by molar-refractivity contribution is 6.30. The van der Waals surface area contributed by atoms with Gasteiger partial charge in [0, 0.05) is 11.6 Å². The lowest BCUT2D eigenvalue weighted by Crippen LogP contribution is -2.39. The number of hydrogen-bond acceptors (Lipinski definition) is 4. The number of amides is 2. The van der Waals surface area contributed by atoms with E-state index in [4.69, 9.17) is 16.3 Å². The summed E-state index contributed by atoms with van der Waals surface area (Å²) in [5, 5.41) is 5.60. The van der Waals surface area contributed by atoms with Crippen molar-refractivity contribution in [2.75, 3.05) is 19.7 Å². The van der Waals surface area contributed by atoms with Crippen molar-refractivity contribution in [3.8, 4) is 0 Å². The van der Waals surface area contributed by atoms with Crippen molar-refractivity contribution in [2.24, 2.45) is 0 Å². The standard InChI is InChI=1S/C22H23ClN2O4/c1-2-12-24-20(26)14-25-21(27)15-29-22(28)19(13-16-6-4-3-5-7-16)17-8-10-18(23)11-9-17/h3-11,13H,2,12,14-15H2,1H3,(H,24,26)(H,25,27)/b19-13+. The molecule has 0 radical (unpaired) electrons. The number of hydrogen-bond donors (Lipinski definition) is 2. The van der Waals surface area contributed by atoms with E-state index in [0.29, 0.717) is 22.7 Å². The molecule has 2 N–H and O–H groups in total. The molecule has 0 saturated heterocycles. The fourth-order valence-corrected chi connectivity index (χ4v) is 2.50. The van der Waals surface area contributed by atoms with Crippen molar-refractivity contribution in [1.29, 1.82) is 0 Å². The third-order valence-corrected chi connectivity index (χ3v) is 4.09. The number of nitrogens with one attached hydrogen (secondary N) is 2. The third kappa shape index (κ3) is 7.79. The van der Waals surface area contributed by atoms with E-state index in [9.17, 15) is 14.4 Å². The molecule has 0 unspecified atom stereocenters. The molecule has 0 aromatic heterocycles. The minimum atomic E-state index is -0.651. The van der Waals surface area contributed by atoms with Gasteiger partial charge < -0.3 is 15.4 Å². The van der Waals surface area contributed by atoms with Crippen LogP contribution in [-0.2, 0) is 19.1 Å². The highest BCUT2D eigenvalue weighted by atomic mass is 35.5. The highest BCUT2D eigenvalue weighted by Crippen LogP contribution is 2.22. The van der Waals surface area contributed by atoms with Crippen LogP contribution in [0.4, 0.5) is 0 Å². The number of esters is 1. The van der Waals surface area contributed by atoms with Gasteiger partial charge in [-0.15, -0.1) is 0 Å². The Bertz CT molecular complexity index is 864. The molecular formula is C22H23ClN2O4. The van der Waals surface area contributed by atoms with Gasteiger partial charge >= 0.3 is 5.97 Å². The Balaban J connectivity index is 2.02. The molecule has 7 heteroatoms. The van der Waals surface area contributed by atoms with E-state index in [1.807, 2.05) is 37.3 Å². The zero-order valence-electron chi connectivity index (χ0n) is 16.1. The lowest BCUT2D eigenvalue weighted by molar-refractivity contribution is -0.143. The Morgan fingerprint density at radius 1 is 0.966 bits per heavy atom. The molecule has 0 spiro atoms. The van der Waals surface area contributed by atoms with Crippen LogP contribution in [-0.4, -0.2) is 37.5 Å². The molecular weight excluding hydrogens is 392 g/mol. The Morgan fingerprint density at radius 2 is 1.66 bits per heavy atom. The van der Waals surface area contributed by atoms with Crippen molar-refractivity contribution < 1.29 is 19.1 Å². The fourth-order valence-electron chi connectivity index (χ4n) is 2.37. The van der Waals surface area contributed by atoms with Crippen molar-refractivity contribution in [3.63, 3.8) is 0 Å². The summed E-state index contributed by atoms with van der Waals surface area (Å²) in [4.78, 5) is 36.0.